The molecule has 1 saturated heterocycles. The summed E-state index contributed by atoms with van der Waals surface area (Å²) in [5.41, 5.74) is 1.62. The number of amides is 2. The van der Waals surface area contributed by atoms with Gasteiger partial charge >= 0.3 is 0 Å². The fourth-order valence-electron chi connectivity index (χ4n) is 3.34. The van der Waals surface area contributed by atoms with Gasteiger partial charge in [-0.05, 0) is 42.5 Å². The first-order valence-electron chi connectivity index (χ1n) is 9.66. The monoisotopic (exact) mass is 410 g/mol. The number of hydrogen-bond donors (Lipinski definition) is 0. The summed E-state index contributed by atoms with van der Waals surface area (Å²) in [4.78, 5) is 33.5. The van der Waals surface area contributed by atoms with Crippen molar-refractivity contribution < 1.29 is 14.1 Å². The van der Waals surface area contributed by atoms with Crippen LogP contribution in [0.2, 0.25) is 0 Å². The Morgan fingerprint density at radius 2 is 2.10 bits per heavy atom. The van der Waals surface area contributed by atoms with Crippen molar-refractivity contribution in [2.75, 3.05) is 13.1 Å². The first-order chi connectivity index (χ1) is 14.1. The second-order valence-corrected chi connectivity index (χ2v) is 7.87. The van der Waals surface area contributed by atoms with E-state index in [4.69, 9.17) is 4.52 Å². The van der Waals surface area contributed by atoms with Gasteiger partial charge in [0, 0.05) is 31.6 Å². The molecule has 1 aliphatic heterocycles. The third kappa shape index (κ3) is 4.37. The fourth-order valence-corrected chi connectivity index (χ4v) is 3.99. The average molecular weight is 410 g/mol. The average Bonchev–Trinajstić information content (AvgIpc) is 3.49. The molecule has 3 aromatic rings. The molecule has 0 spiro atoms. The van der Waals surface area contributed by atoms with Gasteiger partial charge in [0.25, 0.3) is 5.91 Å². The van der Waals surface area contributed by atoms with Gasteiger partial charge in [-0.2, -0.15) is 4.98 Å². The highest BCUT2D eigenvalue weighted by Gasteiger charge is 2.21. The van der Waals surface area contributed by atoms with E-state index in [9.17, 15) is 9.59 Å². The molecule has 0 bridgehead atoms. The number of thiophene rings is 1. The van der Waals surface area contributed by atoms with Crippen molar-refractivity contribution in [3.63, 3.8) is 0 Å². The standard InChI is InChI=1S/C21H22N4O3S/c1-2-24(14-18-22-20(23-28-18)17-5-4-12-29-17)21(27)16-9-7-15(8-10-16)13-25-11-3-6-19(25)26/h4-5,7-10,12H,2-3,6,11,13-14H2,1H3. The van der Waals surface area contributed by atoms with E-state index in [1.54, 1.807) is 4.90 Å². The number of likely N-dealkylation sites (tertiary alicyclic amines) is 1. The lowest BCUT2D eigenvalue weighted by molar-refractivity contribution is -0.128. The first-order valence-corrected chi connectivity index (χ1v) is 10.5. The normalized spacial score (nSPS) is 13.8. The van der Waals surface area contributed by atoms with E-state index in [0.717, 1.165) is 23.4 Å². The van der Waals surface area contributed by atoms with Crippen LogP contribution in [0.1, 0.15) is 41.6 Å². The second-order valence-electron chi connectivity index (χ2n) is 6.92. The summed E-state index contributed by atoms with van der Waals surface area (Å²) in [5.74, 6) is 1.06. The molecule has 7 nitrogen and oxygen atoms in total. The zero-order chi connectivity index (χ0) is 20.2. The molecule has 1 aliphatic rings. The van der Waals surface area contributed by atoms with Gasteiger partial charge in [-0.1, -0.05) is 23.4 Å². The van der Waals surface area contributed by atoms with Crippen molar-refractivity contribution in [2.24, 2.45) is 0 Å². The van der Waals surface area contributed by atoms with Gasteiger partial charge in [-0.15, -0.1) is 11.3 Å². The largest absolute Gasteiger partial charge is 0.338 e. The van der Waals surface area contributed by atoms with Gasteiger partial charge in [0.15, 0.2) is 0 Å². The summed E-state index contributed by atoms with van der Waals surface area (Å²) in [6.07, 6.45) is 1.55. The van der Waals surface area contributed by atoms with Crippen molar-refractivity contribution in [2.45, 2.75) is 32.9 Å². The zero-order valence-electron chi connectivity index (χ0n) is 16.2. The van der Waals surface area contributed by atoms with Crippen molar-refractivity contribution in [3.8, 4) is 10.7 Å². The summed E-state index contributed by atoms with van der Waals surface area (Å²) in [5, 5.41) is 5.95. The highest BCUT2D eigenvalue weighted by molar-refractivity contribution is 7.13. The lowest BCUT2D eigenvalue weighted by Gasteiger charge is -2.19. The van der Waals surface area contributed by atoms with Crippen molar-refractivity contribution >= 4 is 23.2 Å². The van der Waals surface area contributed by atoms with Crippen LogP contribution in [0.15, 0.2) is 46.3 Å². The van der Waals surface area contributed by atoms with E-state index in [2.05, 4.69) is 10.1 Å². The minimum Gasteiger partial charge on any atom is -0.338 e. The molecule has 8 heteroatoms. The Morgan fingerprint density at radius 1 is 1.28 bits per heavy atom. The number of hydrogen-bond acceptors (Lipinski definition) is 6. The molecule has 1 aromatic carbocycles. The van der Waals surface area contributed by atoms with Crippen LogP contribution in [-0.4, -0.2) is 44.8 Å². The Labute approximate surface area is 172 Å². The van der Waals surface area contributed by atoms with Gasteiger partial charge in [0.05, 0.1) is 4.88 Å². The molecule has 4 rings (SSSR count). The molecule has 2 amide bonds. The number of rotatable bonds is 7. The minimum absolute atomic E-state index is 0.0906. The molecule has 0 atom stereocenters. The maximum atomic E-state index is 12.9. The zero-order valence-corrected chi connectivity index (χ0v) is 17.0. The predicted molar refractivity (Wildman–Crippen MR) is 109 cm³/mol. The van der Waals surface area contributed by atoms with Gasteiger partial charge in [-0.25, -0.2) is 0 Å². The van der Waals surface area contributed by atoms with Crippen LogP contribution in [0.5, 0.6) is 0 Å². The highest BCUT2D eigenvalue weighted by Crippen LogP contribution is 2.22. The summed E-state index contributed by atoms with van der Waals surface area (Å²) in [6, 6.07) is 11.3. The lowest BCUT2D eigenvalue weighted by Crippen LogP contribution is -2.30. The molecule has 0 radical (unpaired) electrons. The van der Waals surface area contributed by atoms with Crippen molar-refractivity contribution in [1.29, 1.82) is 0 Å². The Morgan fingerprint density at radius 3 is 2.76 bits per heavy atom. The molecule has 150 valence electrons. The fraction of sp³-hybridized carbons (Fsp3) is 0.333. The summed E-state index contributed by atoms with van der Waals surface area (Å²) in [7, 11) is 0. The molecule has 3 heterocycles. The molecular formula is C21H22N4O3S. The van der Waals surface area contributed by atoms with Crippen LogP contribution < -0.4 is 0 Å². The molecule has 1 fully saturated rings. The van der Waals surface area contributed by atoms with E-state index in [-0.39, 0.29) is 18.4 Å². The molecule has 0 aliphatic carbocycles. The van der Waals surface area contributed by atoms with Crippen LogP contribution >= 0.6 is 11.3 Å². The minimum atomic E-state index is -0.0906. The molecule has 0 unspecified atom stereocenters. The molecule has 29 heavy (non-hydrogen) atoms. The third-order valence-electron chi connectivity index (χ3n) is 4.95. The van der Waals surface area contributed by atoms with E-state index in [1.165, 1.54) is 11.3 Å². The number of carbonyl (C=O) groups excluding carboxylic acids is 2. The number of carbonyl (C=O) groups is 2. The van der Waals surface area contributed by atoms with Gasteiger partial charge < -0.3 is 14.3 Å². The van der Waals surface area contributed by atoms with Gasteiger partial charge in [0.1, 0.15) is 6.54 Å². The van der Waals surface area contributed by atoms with E-state index in [1.807, 2.05) is 53.6 Å². The molecule has 0 N–H and O–H groups in total. The van der Waals surface area contributed by atoms with Crippen molar-refractivity contribution in [1.82, 2.24) is 19.9 Å². The van der Waals surface area contributed by atoms with Crippen LogP contribution in [0, 0.1) is 0 Å². The molecular weight excluding hydrogens is 388 g/mol. The Hall–Kier alpha value is -3.00. The molecule has 0 saturated carbocycles. The third-order valence-corrected chi connectivity index (χ3v) is 5.82. The number of aromatic nitrogens is 2. The van der Waals surface area contributed by atoms with Crippen LogP contribution in [0.4, 0.5) is 0 Å². The van der Waals surface area contributed by atoms with Gasteiger partial charge in [0.2, 0.25) is 17.6 Å². The maximum Gasteiger partial charge on any atom is 0.254 e. The SMILES string of the molecule is CCN(Cc1nc(-c2cccs2)no1)C(=O)c1ccc(CN2CCCC2=O)cc1. The van der Waals surface area contributed by atoms with Crippen LogP contribution in [0.3, 0.4) is 0 Å². The number of nitrogens with zero attached hydrogens (tertiary/aromatic N) is 4. The first kappa shape index (κ1) is 19.3. The van der Waals surface area contributed by atoms with E-state index < -0.39 is 0 Å². The Kier molecular flexibility index (Phi) is 5.71. The van der Waals surface area contributed by atoms with E-state index >= 15 is 0 Å². The predicted octanol–water partition coefficient (Wildman–Crippen LogP) is 3.58. The smallest absolute Gasteiger partial charge is 0.254 e. The topological polar surface area (TPSA) is 79.5 Å². The quantitative estimate of drug-likeness (QED) is 0.595. The lowest BCUT2D eigenvalue weighted by atomic mass is 10.1. The summed E-state index contributed by atoms with van der Waals surface area (Å²) < 4.78 is 5.32. The Bertz CT molecular complexity index is 982. The van der Waals surface area contributed by atoms with Gasteiger partial charge in [-0.3, -0.25) is 9.59 Å². The highest BCUT2D eigenvalue weighted by atomic mass is 32.1. The Balaban J connectivity index is 1.41. The van der Waals surface area contributed by atoms with Crippen LogP contribution in [-0.2, 0) is 17.9 Å². The number of benzene rings is 1. The summed E-state index contributed by atoms with van der Waals surface area (Å²) in [6.45, 7) is 4.11. The second kappa shape index (κ2) is 8.57. The maximum absolute atomic E-state index is 12.9. The van der Waals surface area contributed by atoms with E-state index in [0.29, 0.717) is 36.8 Å². The summed E-state index contributed by atoms with van der Waals surface area (Å²) >= 11 is 1.54. The van der Waals surface area contributed by atoms with Crippen LogP contribution in [0.25, 0.3) is 10.7 Å². The molecule has 2 aromatic heterocycles. The van der Waals surface area contributed by atoms with Crippen molar-refractivity contribution in [3.05, 3.63) is 58.8 Å².